The number of aromatic nitrogens is 1. The minimum absolute atomic E-state index is 0.0220. The normalized spacial score (nSPS) is 15.1. The zero-order valence-corrected chi connectivity index (χ0v) is 17.3. The zero-order valence-electron chi connectivity index (χ0n) is 14.9. The Hall–Kier alpha value is -1.24. The summed E-state index contributed by atoms with van der Waals surface area (Å²) in [5.41, 5.74) is 1.89. The van der Waals surface area contributed by atoms with E-state index in [1.165, 1.54) is 32.1 Å². The number of ether oxygens (including phenoxy) is 1. The van der Waals surface area contributed by atoms with Gasteiger partial charge in [-0.25, -0.2) is 4.98 Å². The summed E-state index contributed by atoms with van der Waals surface area (Å²) in [6.45, 7) is 1.39. The number of hydrogen-bond donors (Lipinski definition) is 1. The zero-order chi connectivity index (χ0) is 18.2. The first-order valence-electron chi connectivity index (χ1n) is 9.29. The van der Waals surface area contributed by atoms with E-state index >= 15 is 0 Å². The van der Waals surface area contributed by atoms with Crippen molar-refractivity contribution in [2.24, 2.45) is 0 Å². The molecule has 26 heavy (non-hydrogen) atoms. The minimum Gasteiger partial charge on any atom is -0.378 e. The lowest BCUT2D eigenvalue weighted by Gasteiger charge is -2.21. The molecule has 140 valence electrons. The van der Waals surface area contributed by atoms with Crippen LogP contribution in [0.4, 0.5) is 0 Å². The van der Waals surface area contributed by atoms with Gasteiger partial charge in [-0.15, -0.1) is 11.3 Å². The first kappa shape index (κ1) is 19.5. The van der Waals surface area contributed by atoms with Crippen LogP contribution in [0.25, 0.3) is 10.6 Å². The molecule has 0 atom stereocenters. The molecule has 0 bridgehead atoms. The number of amides is 1. The predicted molar refractivity (Wildman–Crippen MR) is 109 cm³/mol. The van der Waals surface area contributed by atoms with Crippen LogP contribution in [0.2, 0.25) is 0 Å². The minimum atomic E-state index is 0.0220. The van der Waals surface area contributed by atoms with E-state index in [2.05, 4.69) is 26.2 Å². The molecule has 0 spiro atoms. The summed E-state index contributed by atoms with van der Waals surface area (Å²) in [4.78, 5) is 16.7. The van der Waals surface area contributed by atoms with Crippen molar-refractivity contribution >= 4 is 33.2 Å². The molecule has 1 N–H and O–H groups in total. The standard InChI is InChI=1S/C20H25BrN2O2S/c21-16-7-4-6-15(12-16)20-23-17(14-26-20)13-19(24)22-10-5-11-25-18-8-2-1-3-9-18/h4,6-7,12,14,18H,1-3,5,8-11,13H2,(H,22,24). The van der Waals surface area contributed by atoms with Crippen molar-refractivity contribution in [3.05, 3.63) is 39.8 Å². The Balaban J connectivity index is 1.36. The summed E-state index contributed by atoms with van der Waals surface area (Å²) in [6, 6.07) is 8.04. The van der Waals surface area contributed by atoms with Crippen LogP contribution in [0.3, 0.4) is 0 Å². The Kier molecular flexibility index (Phi) is 7.65. The van der Waals surface area contributed by atoms with Crippen LogP contribution in [0, 0.1) is 0 Å². The van der Waals surface area contributed by atoms with Gasteiger partial charge in [-0.3, -0.25) is 4.79 Å². The molecular weight excluding hydrogens is 412 g/mol. The number of carbonyl (C=O) groups is 1. The summed E-state index contributed by atoms with van der Waals surface area (Å²) >= 11 is 5.04. The largest absolute Gasteiger partial charge is 0.378 e. The molecule has 0 saturated heterocycles. The monoisotopic (exact) mass is 436 g/mol. The Morgan fingerprint density at radius 2 is 2.15 bits per heavy atom. The molecule has 0 unspecified atom stereocenters. The van der Waals surface area contributed by atoms with Crippen molar-refractivity contribution in [3.63, 3.8) is 0 Å². The van der Waals surface area contributed by atoms with E-state index in [0.29, 0.717) is 19.1 Å². The summed E-state index contributed by atoms with van der Waals surface area (Å²) in [5.74, 6) is 0.0220. The third-order valence-electron chi connectivity index (χ3n) is 4.51. The molecule has 1 aromatic carbocycles. The molecular formula is C20H25BrN2O2S. The molecule has 0 aliphatic heterocycles. The maximum atomic E-state index is 12.1. The van der Waals surface area contributed by atoms with Crippen LogP contribution in [0.15, 0.2) is 34.1 Å². The number of halogens is 1. The summed E-state index contributed by atoms with van der Waals surface area (Å²) in [5, 5.41) is 5.87. The van der Waals surface area contributed by atoms with Gasteiger partial charge in [0.15, 0.2) is 0 Å². The van der Waals surface area contributed by atoms with Gasteiger partial charge in [-0.2, -0.15) is 0 Å². The second kappa shape index (κ2) is 10.2. The SMILES string of the molecule is O=C(Cc1csc(-c2cccc(Br)c2)n1)NCCCOC1CCCCC1. The second-order valence-corrected chi connectivity index (χ2v) is 8.44. The molecule has 6 heteroatoms. The lowest BCUT2D eigenvalue weighted by molar-refractivity contribution is -0.120. The van der Waals surface area contributed by atoms with E-state index in [9.17, 15) is 4.79 Å². The van der Waals surface area contributed by atoms with Crippen molar-refractivity contribution in [2.45, 2.75) is 51.0 Å². The number of thiazole rings is 1. The third kappa shape index (κ3) is 6.18. The quantitative estimate of drug-likeness (QED) is 0.594. The Bertz CT molecular complexity index is 713. The Morgan fingerprint density at radius 1 is 1.31 bits per heavy atom. The lowest BCUT2D eigenvalue weighted by Crippen LogP contribution is -2.27. The average molecular weight is 437 g/mol. The summed E-state index contributed by atoms with van der Waals surface area (Å²) < 4.78 is 6.91. The molecule has 1 aliphatic carbocycles. The van der Waals surface area contributed by atoms with Gasteiger partial charge >= 0.3 is 0 Å². The van der Waals surface area contributed by atoms with E-state index in [1.807, 2.05) is 29.6 Å². The number of rotatable bonds is 8. The van der Waals surface area contributed by atoms with E-state index < -0.39 is 0 Å². The van der Waals surface area contributed by atoms with Gasteiger partial charge < -0.3 is 10.1 Å². The Morgan fingerprint density at radius 3 is 2.96 bits per heavy atom. The van der Waals surface area contributed by atoms with Crippen LogP contribution >= 0.6 is 27.3 Å². The van der Waals surface area contributed by atoms with Crippen molar-refractivity contribution in [1.82, 2.24) is 10.3 Å². The van der Waals surface area contributed by atoms with Gasteiger partial charge in [-0.05, 0) is 31.4 Å². The molecule has 1 aliphatic rings. The van der Waals surface area contributed by atoms with Crippen LogP contribution in [0.1, 0.15) is 44.2 Å². The van der Waals surface area contributed by atoms with Gasteiger partial charge in [0, 0.05) is 28.6 Å². The molecule has 0 radical (unpaired) electrons. The lowest BCUT2D eigenvalue weighted by atomic mass is 9.98. The van der Waals surface area contributed by atoms with Crippen LogP contribution in [-0.2, 0) is 16.0 Å². The predicted octanol–water partition coefficient (Wildman–Crippen LogP) is 4.97. The van der Waals surface area contributed by atoms with Crippen LogP contribution in [0.5, 0.6) is 0 Å². The van der Waals surface area contributed by atoms with E-state index in [-0.39, 0.29) is 5.91 Å². The molecule has 1 heterocycles. The summed E-state index contributed by atoms with van der Waals surface area (Å²) in [6.07, 6.45) is 7.93. The average Bonchev–Trinajstić information content (AvgIpc) is 3.11. The van der Waals surface area contributed by atoms with Crippen molar-refractivity contribution in [1.29, 1.82) is 0 Å². The van der Waals surface area contributed by atoms with Crippen molar-refractivity contribution in [2.75, 3.05) is 13.2 Å². The first-order valence-corrected chi connectivity index (χ1v) is 11.0. The summed E-state index contributed by atoms with van der Waals surface area (Å²) in [7, 11) is 0. The van der Waals surface area contributed by atoms with Crippen LogP contribution in [-0.4, -0.2) is 30.1 Å². The topological polar surface area (TPSA) is 51.2 Å². The Labute approximate surface area is 167 Å². The van der Waals surface area contributed by atoms with Crippen molar-refractivity contribution in [3.8, 4) is 10.6 Å². The highest BCUT2D eigenvalue weighted by Crippen LogP contribution is 2.26. The highest BCUT2D eigenvalue weighted by Gasteiger charge is 2.13. The van der Waals surface area contributed by atoms with Crippen LogP contribution < -0.4 is 5.32 Å². The number of nitrogens with zero attached hydrogens (tertiary/aromatic N) is 1. The maximum Gasteiger partial charge on any atom is 0.226 e. The van der Waals surface area contributed by atoms with E-state index in [0.717, 1.165) is 33.8 Å². The van der Waals surface area contributed by atoms with Gasteiger partial charge in [0.05, 0.1) is 18.2 Å². The number of nitrogens with one attached hydrogen (secondary N) is 1. The molecule has 1 fully saturated rings. The third-order valence-corrected chi connectivity index (χ3v) is 5.95. The fraction of sp³-hybridized carbons (Fsp3) is 0.500. The number of benzene rings is 1. The fourth-order valence-electron chi connectivity index (χ4n) is 3.15. The molecule has 1 saturated carbocycles. The molecule has 1 aromatic heterocycles. The molecule has 2 aromatic rings. The smallest absolute Gasteiger partial charge is 0.226 e. The highest BCUT2D eigenvalue weighted by molar-refractivity contribution is 9.10. The van der Waals surface area contributed by atoms with Gasteiger partial charge in [0.25, 0.3) is 0 Å². The van der Waals surface area contributed by atoms with Gasteiger partial charge in [0.2, 0.25) is 5.91 Å². The molecule has 3 rings (SSSR count). The number of hydrogen-bond acceptors (Lipinski definition) is 4. The maximum absolute atomic E-state index is 12.1. The van der Waals surface area contributed by atoms with Gasteiger partial charge in [0.1, 0.15) is 5.01 Å². The van der Waals surface area contributed by atoms with E-state index in [4.69, 9.17) is 4.74 Å². The first-order chi connectivity index (χ1) is 12.7. The fourth-order valence-corrected chi connectivity index (χ4v) is 4.37. The number of carbonyl (C=O) groups excluding carboxylic acids is 1. The molecule has 1 amide bonds. The second-order valence-electron chi connectivity index (χ2n) is 6.67. The highest BCUT2D eigenvalue weighted by atomic mass is 79.9. The van der Waals surface area contributed by atoms with Gasteiger partial charge in [-0.1, -0.05) is 47.3 Å². The van der Waals surface area contributed by atoms with Crippen molar-refractivity contribution < 1.29 is 9.53 Å². The van der Waals surface area contributed by atoms with E-state index in [1.54, 1.807) is 11.3 Å². The molecule has 4 nitrogen and oxygen atoms in total.